The maximum atomic E-state index is 11.4. The van der Waals surface area contributed by atoms with E-state index in [4.69, 9.17) is 9.15 Å². The van der Waals surface area contributed by atoms with Crippen LogP contribution in [0.2, 0.25) is 0 Å². The van der Waals surface area contributed by atoms with Crippen LogP contribution in [0.15, 0.2) is 51.7 Å². The van der Waals surface area contributed by atoms with Crippen molar-refractivity contribution in [2.75, 3.05) is 26.2 Å². The highest BCUT2D eigenvalue weighted by Gasteiger charge is 2.05. The van der Waals surface area contributed by atoms with Crippen LogP contribution in [0.5, 0.6) is 5.75 Å². The average molecular weight is 325 g/mol. The van der Waals surface area contributed by atoms with Crippen LogP contribution < -0.4 is 10.4 Å². The molecule has 0 amide bonds. The Morgan fingerprint density at radius 2 is 1.79 bits per heavy atom. The quantitative estimate of drug-likeness (QED) is 0.373. The fourth-order valence-electron chi connectivity index (χ4n) is 2.96. The van der Waals surface area contributed by atoms with Gasteiger partial charge in [-0.3, -0.25) is 0 Å². The van der Waals surface area contributed by atoms with Crippen molar-refractivity contribution in [2.45, 2.75) is 20.3 Å². The van der Waals surface area contributed by atoms with Crippen molar-refractivity contribution in [1.29, 1.82) is 0 Å². The Labute approximate surface area is 141 Å². The third-order valence-electron chi connectivity index (χ3n) is 4.37. The minimum atomic E-state index is -0.328. The van der Waals surface area contributed by atoms with E-state index in [1.54, 1.807) is 0 Å². The molecule has 0 radical (unpaired) electrons. The third-order valence-corrected chi connectivity index (χ3v) is 4.37. The number of hydrogen-bond acceptors (Lipinski definition) is 4. The Morgan fingerprint density at radius 1 is 1.00 bits per heavy atom. The maximum absolute atomic E-state index is 11.4. The molecule has 24 heavy (non-hydrogen) atoms. The van der Waals surface area contributed by atoms with Crippen LogP contribution in [0.25, 0.3) is 21.7 Å². The number of benzene rings is 2. The summed E-state index contributed by atoms with van der Waals surface area (Å²) in [6.45, 7) is 8.25. The SMILES string of the molecule is CCN(CC)CCCOc1ccc2ccc3oc(=O)ccc3c2c1. The van der Waals surface area contributed by atoms with E-state index < -0.39 is 0 Å². The summed E-state index contributed by atoms with van der Waals surface area (Å²) >= 11 is 0. The minimum Gasteiger partial charge on any atom is -0.494 e. The molecule has 3 rings (SSSR count). The van der Waals surface area contributed by atoms with Gasteiger partial charge in [0.25, 0.3) is 0 Å². The third kappa shape index (κ3) is 3.60. The van der Waals surface area contributed by atoms with Crippen molar-refractivity contribution >= 4 is 21.7 Å². The first kappa shape index (κ1) is 16.5. The Hall–Kier alpha value is -2.33. The smallest absolute Gasteiger partial charge is 0.336 e. The number of rotatable bonds is 7. The van der Waals surface area contributed by atoms with E-state index in [1.165, 1.54) is 6.07 Å². The molecule has 0 aliphatic carbocycles. The van der Waals surface area contributed by atoms with Crippen LogP contribution in [0, 0.1) is 0 Å². The lowest BCUT2D eigenvalue weighted by Gasteiger charge is -2.17. The molecule has 1 heterocycles. The van der Waals surface area contributed by atoms with Crippen LogP contribution in [-0.4, -0.2) is 31.1 Å². The average Bonchev–Trinajstić information content (AvgIpc) is 2.61. The summed E-state index contributed by atoms with van der Waals surface area (Å²) in [5.74, 6) is 0.848. The highest BCUT2D eigenvalue weighted by Crippen LogP contribution is 2.28. The predicted molar refractivity (Wildman–Crippen MR) is 97.9 cm³/mol. The van der Waals surface area contributed by atoms with Crippen LogP contribution >= 0.6 is 0 Å². The van der Waals surface area contributed by atoms with Gasteiger partial charge in [0.2, 0.25) is 0 Å². The number of nitrogens with zero attached hydrogens (tertiary/aromatic N) is 1. The number of hydrogen-bond donors (Lipinski definition) is 0. The second-order valence-electron chi connectivity index (χ2n) is 5.84. The summed E-state index contributed by atoms with van der Waals surface area (Å²) in [5.41, 5.74) is 0.277. The summed E-state index contributed by atoms with van der Waals surface area (Å²) in [7, 11) is 0. The predicted octanol–water partition coefficient (Wildman–Crippen LogP) is 4.06. The van der Waals surface area contributed by atoms with Gasteiger partial charge in [0.15, 0.2) is 0 Å². The molecule has 0 atom stereocenters. The Bertz CT molecular complexity index is 881. The van der Waals surface area contributed by atoms with E-state index in [0.717, 1.165) is 48.0 Å². The molecule has 0 fully saturated rings. The molecule has 0 aliphatic heterocycles. The van der Waals surface area contributed by atoms with Gasteiger partial charge in [0.05, 0.1) is 6.61 Å². The van der Waals surface area contributed by atoms with Gasteiger partial charge in [-0.15, -0.1) is 0 Å². The van der Waals surface area contributed by atoms with E-state index in [1.807, 2.05) is 36.4 Å². The highest BCUT2D eigenvalue weighted by atomic mass is 16.5. The highest BCUT2D eigenvalue weighted by molar-refractivity contribution is 6.05. The van der Waals surface area contributed by atoms with E-state index in [0.29, 0.717) is 12.2 Å². The van der Waals surface area contributed by atoms with E-state index in [9.17, 15) is 4.79 Å². The largest absolute Gasteiger partial charge is 0.494 e. The van der Waals surface area contributed by atoms with Crippen molar-refractivity contribution in [1.82, 2.24) is 4.90 Å². The van der Waals surface area contributed by atoms with Crippen LogP contribution in [-0.2, 0) is 0 Å². The second-order valence-corrected chi connectivity index (χ2v) is 5.84. The van der Waals surface area contributed by atoms with Crippen molar-refractivity contribution in [3.63, 3.8) is 0 Å². The minimum absolute atomic E-state index is 0.328. The van der Waals surface area contributed by atoms with Crippen molar-refractivity contribution in [3.05, 3.63) is 52.9 Å². The molecule has 0 unspecified atom stereocenters. The second kappa shape index (κ2) is 7.49. The zero-order valence-corrected chi connectivity index (χ0v) is 14.2. The molecule has 0 saturated heterocycles. The van der Waals surface area contributed by atoms with Crippen LogP contribution in [0.1, 0.15) is 20.3 Å². The lowest BCUT2D eigenvalue weighted by Crippen LogP contribution is -2.25. The van der Waals surface area contributed by atoms with Gasteiger partial charge in [-0.2, -0.15) is 0 Å². The van der Waals surface area contributed by atoms with Crippen molar-refractivity contribution < 1.29 is 9.15 Å². The Morgan fingerprint density at radius 3 is 2.58 bits per heavy atom. The zero-order chi connectivity index (χ0) is 16.9. The molecule has 2 aromatic carbocycles. The summed E-state index contributed by atoms with van der Waals surface area (Å²) < 4.78 is 11.2. The topological polar surface area (TPSA) is 42.7 Å². The van der Waals surface area contributed by atoms with E-state index in [-0.39, 0.29) is 5.63 Å². The molecule has 4 heteroatoms. The molecule has 4 nitrogen and oxygen atoms in total. The molecule has 1 aromatic heterocycles. The molecular weight excluding hydrogens is 302 g/mol. The van der Waals surface area contributed by atoms with Crippen molar-refractivity contribution in [3.8, 4) is 5.75 Å². The van der Waals surface area contributed by atoms with Gasteiger partial charge in [0, 0.05) is 18.0 Å². The number of ether oxygens (including phenoxy) is 1. The van der Waals surface area contributed by atoms with Crippen LogP contribution in [0.4, 0.5) is 0 Å². The Kier molecular flexibility index (Phi) is 5.16. The monoisotopic (exact) mass is 325 g/mol. The lowest BCUT2D eigenvalue weighted by atomic mass is 10.1. The van der Waals surface area contributed by atoms with Gasteiger partial charge in [-0.1, -0.05) is 26.0 Å². The summed E-state index contributed by atoms with van der Waals surface area (Å²) in [5, 5.41) is 3.07. The van der Waals surface area contributed by atoms with Gasteiger partial charge < -0.3 is 14.1 Å². The normalized spacial score (nSPS) is 11.5. The molecule has 0 N–H and O–H groups in total. The first-order valence-corrected chi connectivity index (χ1v) is 8.53. The molecule has 3 aromatic rings. The Balaban J connectivity index is 1.77. The molecule has 0 saturated carbocycles. The molecule has 0 spiro atoms. The first-order valence-electron chi connectivity index (χ1n) is 8.53. The zero-order valence-electron chi connectivity index (χ0n) is 14.2. The van der Waals surface area contributed by atoms with Gasteiger partial charge in [-0.05, 0) is 54.5 Å². The summed E-state index contributed by atoms with van der Waals surface area (Å²) in [6.07, 6.45) is 1.00. The van der Waals surface area contributed by atoms with Crippen LogP contribution in [0.3, 0.4) is 0 Å². The molecular formula is C20H23NO3. The maximum Gasteiger partial charge on any atom is 0.336 e. The van der Waals surface area contributed by atoms with E-state index in [2.05, 4.69) is 18.7 Å². The standard InChI is InChI=1S/C20H23NO3/c1-3-21(4-2)12-5-13-23-16-8-6-15-7-10-19-17(18(15)14-16)9-11-20(22)24-19/h6-11,14H,3-5,12-13H2,1-2H3. The van der Waals surface area contributed by atoms with Gasteiger partial charge in [0.1, 0.15) is 11.3 Å². The lowest BCUT2D eigenvalue weighted by molar-refractivity contribution is 0.249. The number of fused-ring (bicyclic) bond motifs is 3. The fraction of sp³-hybridized carbons (Fsp3) is 0.350. The fourth-order valence-corrected chi connectivity index (χ4v) is 2.96. The summed E-state index contributed by atoms with van der Waals surface area (Å²) in [6, 6.07) is 13.1. The molecule has 0 aliphatic rings. The molecule has 0 bridgehead atoms. The summed E-state index contributed by atoms with van der Waals surface area (Å²) in [4.78, 5) is 13.8. The van der Waals surface area contributed by atoms with Gasteiger partial charge >= 0.3 is 5.63 Å². The van der Waals surface area contributed by atoms with E-state index >= 15 is 0 Å². The first-order chi connectivity index (χ1) is 11.7. The van der Waals surface area contributed by atoms with Gasteiger partial charge in [-0.25, -0.2) is 4.79 Å². The van der Waals surface area contributed by atoms with Crippen molar-refractivity contribution in [2.24, 2.45) is 0 Å². The molecule has 126 valence electrons.